The first-order valence-electron chi connectivity index (χ1n) is 6.15. The Balaban J connectivity index is 3.92. The lowest BCUT2D eigenvalue weighted by Gasteiger charge is -2.26. The summed E-state index contributed by atoms with van der Waals surface area (Å²) in [5.41, 5.74) is 0. The molecule has 0 bridgehead atoms. The molecule has 0 aromatic rings. The van der Waals surface area contributed by atoms with Crippen LogP contribution in [-0.2, 0) is 18.4 Å². The molecule has 0 saturated carbocycles. The van der Waals surface area contributed by atoms with Crippen molar-refractivity contribution < 1.29 is 27.8 Å². The highest BCUT2D eigenvalue weighted by Crippen LogP contribution is 2.38. The quantitative estimate of drug-likeness (QED) is 0.362. The van der Waals surface area contributed by atoms with E-state index >= 15 is 0 Å². The topological polar surface area (TPSA) is 75.7 Å². The van der Waals surface area contributed by atoms with Crippen molar-refractivity contribution in [3.8, 4) is 0 Å². The van der Waals surface area contributed by atoms with Crippen LogP contribution in [0.25, 0.3) is 0 Å². The molecule has 6 nitrogen and oxygen atoms in total. The van der Waals surface area contributed by atoms with Crippen molar-refractivity contribution >= 4 is 13.8 Å². The van der Waals surface area contributed by atoms with E-state index in [2.05, 4.69) is 9.05 Å². The molecule has 0 N–H and O–H groups in total. The molecule has 0 amide bonds. The minimum absolute atomic E-state index is 0.00647. The van der Waals surface area contributed by atoms with E-state index in [0.717, 1.165) is 12.8 Å². The fourth-order valence-electron chi connectivity index (χ4n) is 1.14. The highest BCUT2D eigenvalue weighted by Gasteiger charge is 2.17. The van der Waals surface area contributed by atoms with E-state index in [4.69, 9.17) is 0 Å². The largest absolute Gasteiger partial charge is 0.746 e. The van der Waals surface area contributed by atoms with Gasteiger partial charge in [0.1, 0.15) is 13.2 Å². The second-order valence-corrected chi connectivity index (χ2v) is 6.55. The van der Waals surface area contributed by atoms with Crippen molar-refractivity contribution in [1.29, 1.82) is 0 Å². The number of unbranched alkanes of at least 4 members (excludes halogenated alkanes) is 2. The molecule has 0 heterocycles. The van der Waals surface area contributed by atoms with Crippen molar-refractivity contribution in [3.05, 3.63) is 0 Å². The third kappa shape index (κ3) is 10.7. The molecule has 0 saturated heterocycles. The van der Waals surface area contributed by atoms with Crippen molar-refractivity contribution in [1.82, 2.24) is 0 Å². The van der Waals surface area contributed by atoms with Crippen LogP contribution in [0, 0.1) is 0 Å². The van der Waals surface area contributed by atoms with E-state index in [9.17, 15) is 14.3 Å². The first-order valence-corrected chi connectivity index (χ1v) is 7.61. The van der Waals surface area contributed by atoms with Gasteiger partial charge in [-0.25, -0.2) is 0 Å². The van der Waals surface area contributed by atoms with Crippen molar-refractivity contribution in [2.24, 2.45) is 0 Å². The number of likely N-dealkylation sites (N-methyl/N-ethyl adjacent to an activating group) is 1. The molecule has 0 rings (SSSR count). The number of hydrogen-bond donors (Lipinski definition) is 0. The molecular weight excluding hydrogens is 257 g/mol. The van der Waals surface area contributed by atoms with Crippen molar-refractivity contribution in [2.75, 3.05) is 34.3 Å². The fourth-order valence-corrected chi connectivity index (χ4v) is 1.84. The number of quaternary nitrogens is 1. The maximum atomic E-state index is 11.3. The number of hydrogen-bond acceptors (Lipinski definition) is 5. The molecule has 0 aromatic carbocycles. The Bertz CT molecular complexity index is 300. The Hall–Kier alpha value is -0.420. The number of carbonyl (C=O) groups excluding carboxylic acids is 1. The van der Waals surface area contributed by atoms with Gasteiger partial charge < -0.3 is 18.4 Å². The second-order valence-electron chi connectivity index (χ2n) is 5.21. The van der Waals surface area contributed by atoms with E-state index in [1.165, 1.54) is 0 Å². The van der Waals surface area contributed by atoms with Crippen molar-refractivity contribution in [2.45, 2.75) is 32.6 Å². The Morgan fingerprint density at radius 3 is 2.39 bits per heavy atom. The summed E-state index contributed by atoms with van der Waals surface area (Å²) in [7, 11) is 1.24. The number of carbonyl (C=O) groups is 1. The minimum atomic E-state index is -4.49. The summed E-state index contributed by atoms with van der Waals surface area (Å²) in [5.74, 6) is -0.743. The third-order valence-electron chi connectivity index (χ3n) is 2.21. The highest BCUT2D eigenvalue weighted by atomic mass is 31.2. The first-order chi connectivity index (χ1) is 8.16. The SMILES string of the molecule is CCCCCC(=O)OP(=O)([O-])OCC[N+](C)(C)C. The molecule has 0 aliphatic carbocycles. The summed E-state index contributed by atoms with van der Waals surface area (Å²) in [6.45, 7) is 2.52. The van der Waals surface area contributed by atoms with Gasteiger partial charge in [-0.2, -0.15) is 0 Å². The average molecular weight is 281 g/mol. The van der Waals surface area contributed by atoms with Gasteiger partial charge in [0.05, 0.1) is 21.1 Å². The van der Waals surface area contributed by atoms with Crippen LogP contribution < -0.4 is 4.89 Å². The number of phosphoric ester groups is 1. The van der Waals surface area contributed by atoms with Crippen LogP contribution in [0.2, 0.25) is 0 Å². The van der Waals surface area contributed by atoms with Gasteiger partial charge in [0.25, 0.3) is 0 Å². The smallest absolute Gasteiger partial charge is 0.322 e. The molecule has 1 atom stereocenters. The summed E-state index contributed by atoms with van der Waals surface area (Å²) >= 11 is 0. The highest BCUT2D eigenvalue weighted by molar-refractivity contribution is 7.46. The number of rotatable bonds is 9. The molecule has 0 spiro atoms. The Morgan fingerprint density at radius 2 is 1.89 bits per heavy atom. The fraction of sp³-hybridized carbons (Fsp3) is 0.909. The van der Waals surface area contributed by atoms with Crippen LogP contribution in [-0.4, -0.2) is 44.7 Å². The average Bonchev–Trinajstić information content (AvgIpc) is 2.14. The maximum absolute atomic E-state index is 11.3. The molecule has 108 valence electrons. The molecule has 0 aromatic heterocycles. The van der Waals surface area contributed by atoms with Gasteiger partial charge in [0.2, 0.25) is 0 Å². The summed E-state index contributed by atoms with van der Waals surface area (Å²) in [5, 5.41) is 0. The first kappa shape index (κ1) is 17.6. The lowest BCUT2D eigenvalue weighted by Crippen LogP contribution is -2.37. The van der Waals surface area contributed by atoms with Gasteiger partial charge in [-0.05, 0) is 6.42 Å². The maximum Gasteiger partial charge on any atom is 0.322 e. The summed E-state index contributed by atoms with van der Waals surface area (Å²) in [6.07, 6.45) is 2.58. The van der Waals surface area contributed by atoms with Crippen LogP contribution in [0.15, 0.2) is 0 Å². The predicted octanol–water partition coefficient (Wildman–Crippen LogP) is 1.30. The van der Waals surface area contributed by atoms with Gasteiger partial charge in [-0.1, -0.05) is 19.8 Å². The number of nitrogens with zero attached hydrogens (tertiary/aromatic N) is 1. The Labute approximate surface area is 109 Å². The molecular formula is C11H24NO5P. The van der Waals surface area contributed by atoms with Gasteiger partial charge in [0, 0.05) is 6.42 Å². The van der Waals surface area contributed by atoms with E-state index in [0.29, 0.717) is 17.4 Å². The molecule has 18 heavy (non-hydrogen) atoms. The zero-order chi connectivity index (χ0) is 14.2. The molecule has 7 heteroatoms. The zero-order valence-electron chi connectivity index (χ0n) is 11.7. The van der Waals surface area contributed by atoms with Crippen LogP contribution in [0.4, 0.5) is 0 Å². The van der Waals surface area contributed by atoms with Crippen LogP contribution >= 0.6 is 7.82 Å². The van der Waals surface area contributed by atoms with Gasteiger partial charge in [0.15, 0.2) is 0 Å². The Kier molecular flexibility index (Phi) is 7.71. The second kappa shape index (κ2) is 7.89. The third-order valence-corrected chi connectivity index (χ3v) is 3.14. The summed E-state index contributed by atoms with van der Waals surface area (Å²) in [6, 6.07) is 0. The lowest BCUT2D eigenvalue weighted by molar-refractivity contribution is -0.870. The normalized spacial score (nSPS) is 15.2. The standard InChI is InChI=1S/C11H24NO5P/c1-5-6-7-8-11(13)17-18(14,15)16-10-9-12(2,3)4/h5-10H2,1-4H3. The monoisotopic (exact) mass is 281 g/mol. The van der Waals surface area contributed by atoms with Crippen LogP contribution in [0.1, 0.15) is 32.6 Å². The van der Waals surface area contributed by atoms with Crippen LogP contribution in [0.5, 0.6) is 0 Å². The van der Waals surface area contributed by atoms with E-state index in [-0.39, 0.29) is 13.0 Å². The lowest BCUT2D eigenvalue weighted by atomic mass is 10.2. The van der Waals surface area contributed by atoms with Gasteiger partial charge in [-0.3, -0.25) is 9.36 Å². The molecule has 0 radical (unpaired) electrons. The summed E-state index contributed by atoms with van der Waals surface area (Å²) in [4.78, 5) is 22.5. The van der Waals surface area contributed by atoms with Crippen LogP contribution in [0.3, 0.4) is 0 Å². The molecule has 0 aliphatic rings. The molecule has 0 aliphatic heterocycles. The Morgan fingerprint density at radius 1 is 1.28 bits per heavy atom. The predicted molar refractivity (Wildman–Crippen MR) is 66.7 cm³/mol. The zero-order valence-corrected chi connectivity index (χ0v) is 12.6. The summed E-state index contributed by atoms with van der Waals surface area (Å²) < 4.78 is 20.8. The molecule has 1 unspecified atom stereocenters. The van der Waals surface area contributed by atoms with E-state index in [1.54, 1.807) is 0 Å². The molecule has 0 fully saturated rings. The minimum Gasteiger partial charge on any atom is -0.746 e. The number of phosphoric acid groups is 1. The van der Waals surface area contributed by atoms with Gasteiger partial charge in [-0.15, -0.1) is 0 Å². The van der Waals surface area contributed by atoms with E-state index in [1.807, 2.05) is 28.1 Å². The van der Waals surface area contributed by atoms with E-state index < -0.39 is 13.8 Å². The van der Waals surface area contributed by atoms with Gasteiger partial charge >= 0.3 is 13.8 Å². The van der Waals surface area contributed by atoms with Crippen molar-refractivity contribution in [3.63, 3.8) is 0 Å².